The molecule has 0 spiro atoms. The van der Waals surface area contributed by atoms with Crippen molar-refractivity contribution in [2.24, 2.45) is 5.92 Å². The summed E-state index contributed by atoms with van der Waals surface area (Å²) in [7, 11) is 0. The normalized spacial score (nSPS) is 17.0. The highest BCUT2D eigenvalue weighted by atomic mass is 35.5. The molecule has 4 aromatic rings. The molecule has 1 aromatic heterocycles. The fraction of sp³-hybridized carbons (Fsp3) is 0.444. The van der Waals surface area contributed by atoms with Gasteiger partial charge in [-0.05, 0) is 91.9 Å². The third-order valence-corrected chi connectivity index (χ3v) is 9.55. The number of carbonyl (C=O) groups excluding carboxylic acids is 1. The molecule has 10 heteroatoms. The zero-order chi connectivity index (χ0) is 32.3. The molecule has 244 valence electrons. The van der Waals surface area contributed by atoms with Gasteiger partial charge in [-0.15, -0.1) is 0 Å². The smallest absolute Gasteiger partial charge is 0.378 e. The van der Waals surface area contributed by atoms with Crippen LogP contribution >= 0.6 is 11.6 Å². The zero-order valence-corrected chi connectivity index (χ0v) is 26.8. The van der Waals surface area contributed by atoms with E-state index in [4.69, 9.17) is 21.3 Å². The molecule has 6 nitrogen and oxygen atoms in total. The number of ether oxygens (including phenoxy) is 1. The van der Waals surface area contributed by atoms with Crippen molar-refractivity contribution in [3.8, 4) is 11.4 Å². The Morgan fingerprint density at radius 1 is 1.02 bits per heavy atom. The van der Waals surface area contributed by atoms with E-state index in [9.17, 15) is 18.0 Å². The highest BCUT2D eigenvalue weighted by Gasteiger charge is 2.33. The largest absolute Gasteiger partial charge is 0.417 e. The lowest BCUT2D eigenvalue weighted by Gasteiger charge is -2.28. The Morgan fingerprint density at radius 2 is 1.76 bits per heavy atom. The molecule has 6 rings (SSSR count). The lowest BCUT2D eigenvalue weighted by molar-refractivity contribution is -0.137. The van der Waals surface area contributed by atoms with Crippen molar-refractivity contribution >= 4 is 34.1 Å². The third-order valence-electron chi connectivity index (χ3n) is 9.22. The molecule has 0 radical (unpaired) electrons. The van der Waals surface area contributed by atoms with Crippen LogP contribution in [0.4, 0.5) is 18.9 Å². The van der Waals surface area contributed by atoms with Crippen LogP contribution in [-0.4, -0.2) is 48.2 Å². The molecule has 2 heterocycles. The van der Waals surface area contributed by atoms with Crippen molar-refractivity contribution in [1.82, 2.24) is 14.9 Å². The van der Waals surface area contributed by atoms with Gasteiger partial charge in [-0.2, -0.15) is 13.2 Å². The van der Waals surface area contributed by atoms with Gasteiger partial charge in [-0.3, -0.25) is 4.79 Å². The number of hydrogen-bond donors (Lipinski definition) is 1. The van der Waals surface area contributed by atoms with Crippen molar-refractivity contribution in [1.29, 1.82) is 0 Å². The maximum absolute atomic E-state index is 13.7. The van der Waals surface area contributed by atoms with Gasteiger partial charge in [0.2, 0.25) is 0 Å². The van der Waals surface area contributed by atoms with Crippen molar-refractivity contribution in [2.45, 2.75) is 64.2 Å². The van der Waals surface area contributed by atoms with Gasteiger partial charge >= 0.3 is 6.18 Å². The minimum atomic E-state index is -4.56. The molecular weight excluding hydrogens is 613 g/mol. The quantitative estimate of drug-likeness (QED) is 0.186. The van der Waals surface area contributed by atoms with Crippen LogP contribution in [0, 0.1) is 5.92 Å². The van der Waals surface area contributed by atoms with Crippen molar-refractivity contribution in [3.63, 3.8) is 0 Å². The second-order valence-corrected chi connectivity index (χ2v) is 13.0. The van der Waals surface area contributed by atoms with E-state index >= 15 is 0 Å². The first-order chi connectivity index (χ1) is 22.2. The predicted molar refractivity (Wildman–Crippen MR) is 176 cm³/mol. The number of alkyl halides is 3. The first-order valence-electron chi connectivity index (χ1n) is 16.2. The molecule has 2 fully saturated rings. The summed E-state index contributed by atoms with van der Waals surface area (Å²) in [5, 5.41) is 3.34. The summed E-state index contributed by atoms with van der Waals surface area (Å²) >= 11 is 5.94. The summed E-state index contributed by atoms with van der Waals surface area (Å²) < 4.78 is 48.7. The number of nitrogens with zero attached hydrogens (tertiary/aromatic N) is 3. The third kappa shape index (κ3) is 7.59. The van der Waals surface area contributed by atoms with Gasteiger partial charge in [-0.1, -0.05) is 43.0 Å². The van der Waals surface area contributed by atoms with Crippen LogP contribution in [0.2, 0.25) is 5.02 Å². The van der Waals surface area contributed by atoms with Crippen molar-refractivity contribution in [2.75, 3.05) is 37.7 Å². The molecule has 1 saturated heterocycles. The number of carbonyl (C=O) groups is 1. The highest BCUT2D eigenvalue weighted by Crippen LogP contribution is 2.36. The Morgan fingerprint density at radius 3 is 2.46 bits per heavy atom. The van der Waals surface area contributed by atoms with E-state index in [1.165, 1.54) is 38.2 Å². The van der Waals surface area contributed by atoms with Crippen LogP contribution in [0.5, 0.6) is 0 Å². The lowest BCUT2D eigenvalue weighted by Crippen LogP contribution is -2.36. The number of nitrogens with one attached hydrogen (secondary N) is 1. The fourth-order valence-corrected chi connectivity index (χ4v) is 6.98. The van der Waals surface area contributed by atoms with Gasteiger partial charge in [0.1, 0.15) is 11.6 Å². The van der Waals surface area contributed by atoms with Gasteiger partial charge in [0.25, 0.3) is 0 Å². The van der Waals surface area contributed by atoms with E-state index in [0.29, 0.717) is 36.9 Å². The molecule has 1 aliphatic carbocycles. The number of imidazole rings is 1. The van der Waals surface area contributed by atoms with E-state index in [0.717, 1.165) is 53.5 Å². The minimum Gasteiger partial charge on any atom is -0.378 e. The van der Waals surface area contributed by atoms with E-state index in [2.05, 4.69) is 22.3 Å². The van der Waals surface area contributed by atoms with Crippen LogP contribution in [0.3, 0.4) is 0 Å². The Kier molecular flexibility index (Phi) is 10.0. The van der Waals surface area contributed by atoms with Gasteiger partial charge in [-0.25, -0.2) is 4.98 Å². The number of Topliss-reactive ketones (excluding diaryl/α,β-unsaturated/α-hetero) is 1. The van der Waals surface area contributed by atoms with E-state index < -0.39 is 11.7 Å². The van der Waals surface area contributed by atoms with E-state index in [1.807, 2.05) is 34.9 Å². The number of aromatic nitrogens is 2. The van der Waals surface area contributed by atoms with Crippen molar-refractivity contribution < 1.29 is 22.7 Å². The second-order valence-electron chi connectivity index (χ2n) is 12.6. The molecule has 1 saturated carbocycles. The summed E-state index contributed by atoms with van der Waals surface area (Å²) in [6.45, 7) is 5.64. The molecule has 46 heavy (non-hydrogen) atoms. The maximum Gasteiger partial charge on any atom is 0.417 e. The van der Waals surface area contributed by atoms with Crippen molar-refractivity contribution in [3.05, 3.63) is 82.4 Å². The summed E-state index contributed by atoms with van der Waals surface area (Å²) in [4.78, 5) is 19.6. The fourth-order valence-electron chi connectivity index (χ4n) is 6.75. The van der Waals surface area contributed by atoms with E-state index in [1.54, 1.807) is 13.0 Å². The summed E-state index contributed by atoms with van der Waals surface area (Å²) in [6, 6.07) is 18.0. The van der Waals surface area contributed by atoms with Gasteiger partial charge < -0.3 is 19.5 Å². The molecule has 1 unspecified atom stereocenters. The summed E-state index contributed by atoms with van der Waals surface area (Å²) in [6.07, 6.45) is 2.02. The van der Waals surface area contributed by atoms with Gasteiger partial charge in [0.15, 0.2) is 0 Å². The first kappa shape index (κ1) is 32.5. The first-order valence-corrected chi connectivity index (χ1v) is 16.6. The number of anilines is 1. The van der Waals surface area contributed by atoms with Gasteiger partial charge in [0.05, 0.1) is 34.8 Å². The number of benzene rings is 3. The number of rotatable bonds is 10. The topological polar surface area (TPSA) is 59.4 Å². The average molecular weight is 653 g/mol. The zero-order valence-electron chi connectivity index (χ0n) is 26.1. The molecule has 1 aliphatic heterocycles. The SMILES string of the molecule is CC(=O)CC(NCC1CCCCC1)c1ccc2c(c1)nc(-c1ccc(N3CCOCC3)cc1)n2Cc1ccc(Cl)c(C(F)(F)F)c1. The molecular formula is C36H40ClF3N4O2. The Balaban J connectivity index is 1.37. The number of hydrogen-bond acceptors (Lipinski definition) is 5. The number of halogens is 4. The van der Waals surface area contributed by atoms with Crippen LogP contribution in [0.25, 0.3) is 22.4 Å². The summed E-state index contributed by atoms with van der Waals surface area (Å²) in [5.74, 6) is 1.37. The lowest BCUT2D eigenvalue weighted by atomic mass is 9.89. The predicted octanol–water partition coefficient (Wildman–Crippen LogP) is 8.45. The second kappa shape index (κ2) is 14.2. The standard InChI is InChI=1S/C36H40ClF3N4O2/c1-24(45)19-32(41-22-25-5-3-2-4-6-25)28-10-14-34-33(21-28)42-35(27-8-11-29(12-9-27)43-15-17-46-18-16-43)44(34)23-26-7-13-31(37)30(20-26)36(38,39)40/h7-14,20-21,25,32,41H,2-6,15-19,22-23H2,1H3. The highest BCUT2D eigenvalue weighted by molar-refractivity contribution is 6.31. The monoisotopic (exact) mass is 652 g/mol. The van der Waals surface area contributed by atoms with Crippen LogP contribution < -0.4 is 10.2 Å². The average Bonchev–Trinajstić information content (AvgIpc) is 3.41. The Hall–Kier alpha value is -3.40. The molecule has 1 atom stereocenters. The number of morpholine rings is 1. The molecule has 2 aliphatic rings. The van der Waals surface area contributed by atoms with Crippen LogP contribution in [0.1, 0.15) is 68.2 Å². The molecule has 0 amide bonds. The number of ketones is 1. The molecule has 3 aromatic carbocycles. The molecule has 0 bridgehead atoms. The van der Waals surface area contributed by atoms with Crippen LogP contribution in [-0.2, 0) is 22.3 Å². The van der Waals surface area contributed by atoms with Crippen LogP contribution in [0.15, 0.2) is 60.7 Å². The Bertz CT molecular complexity index is 1660. The maximum atomic E-state index is 13.7. The molecule has 1 N–H and O–H groups in total. The number of fused-ring (bicyclic) bond motifs is 1. The Labute approximate surface area is 272 Å². The summed E-state index contributed by atoms with van der Waals surface area (Å²) in [5.41, 5.74) is 4.05. The minimum absolute atomic E-state index is 0.107. The van der Waals surface area contributed by atoms with Gasteiger partial charge in [0, 0.05) is 43.3 Å². The van der Waals surface area contributed by atoms with E-state index in [-0.39, 0.29) is 23.4 Å².